The molecule has 0 N–H and O–H groups in total. The Morgan fingerprint density at radius 1 is 1.04 bits per heavy atom. The van der Waals surface area contributed by atoms with E-state index < -0.39 is 10.0 Å². The number of amides is 1. The SMILES string of the molecule is CCCCCS(=O)(=O)N1CCN(CC(=O)N(CC)c2ccccc2)CC1. The number of likely N-dealkylation sites (N-methyl/N-ethyl adjacent to an activating group) is 1. The zero-order chi connectivity index (χ0) is 19.0. The highest BCUT2D eigenvalue weighted by atomic mass is 32.2. The number of anilines is 1. The first-order valence-corrected chi connectivity index (χ1v) is 11.1. The normalized spacial score (nSPS) is 16.5. The van der Waals surface area contributed by atoms with Crippen LogP contribution in [0.2, 0.25) is 0 Å². The zero-order valence-electron chi connectivity index (χ0n) is 15.9. The molecular formula is C19H31N3O3S. The summed E-state index contributed by atoms with van der Waals surface area (Å²) in [6, 6.07) is 9.65. The minimum absolute atomic E-state index is 0.0537. The molecule has 1 fully saturated rings. The topological polar surface area (TPSA) is 60.9 Å². The number of para-hydroxylation sites is 1. The summed E-state index contributed by atoms with van der Waals surface area (Å²) in [5.74, 6) is 0.287. The van der Waals surface area contributed by atoms with Crippen LogP contribution in [0.25, 0.3) is 0 Å². The van der Waals surface area contributed by atoms with Crippen LogP contribution in [0.5, 0.6) is 0 Å². The van der Waals surface area contributed by atoms with E-state index in [2.05, 4.69) is 6.92 Å². The molecule has 146 valence electrons. The molecule has 0 aromatic heterocycles. The van der Waals surface area contributed by atoms with Gasteiger partial charge in [0.05, 0.1) is 12.3 Å². The largest absolute Gasteiger partial charge is 0.312 e. The van der Waals surface area contributed by atoms with Crippen molar-refractivity contribution in [3.63, 3.8) is 0 Å². The Kier molecular flexibility index (Phi) is 8.06. The van der Waals surface area contributed by atoms with Gasteiger partial charge in [-0.05, 0) is 25.5 Å². The van der Waals surface area contributed by atoms with Gasteiger partial charge in [0, 0.05) is 38.4 Å². The van der Waals surface area contributed by atoms with Crippen molar-refractivity contribution < 1.29 is 13.2 Å². The maximum absolute atomic E-state index is 12.6. The van der Waals surface area contributed by atoms with Crippen molar-refractivity contribution in [3.8, 4) is 0 Å². The van der Waals surface area contributed by atoms with E-state index in [9.17, 15) is 13.2 Å². The highest BCUT2D eigenvalue weighted by molar-refractivity contribution is 7.89. The second kappa shape index (κ2) is 10.0. The lowest BCUT2D eigenvalue weighted by Gasteiger charge is -2.34. The molecule has 1 aromatic carbocycles. The van der Waals surface area contributed by atoms with Crippen LogP contribution >= 0.6 is 0 Å². The summed E-state index contributed by atoms with van der Waals surface area (Å²) in [4.78, 5) is 16.5. The molecule has 0 atom stereocenters. The van der Waals surface area contributed by atoms with E-state index in [1.165, 1.54) is 0 Å². The standard InChI is InChI=1S/C19H31N3O3S/c1-3-5-9-16-26(24,25)21-14-12-20(13-15-21)17-19(23)22(4-2)18-10-7-6-8-11-18/h6-8,10-11H,3-5,9,12-17H2,1-2H3. The van der Waals surface area contributed by atoms with E-state index >= 15 is 0 Å². The first kappa shape index (κ1) is 20.9. The quantitative estimate of drug-likeness (QED) is 0.615. The predicted molar refractivity (Wildman–Crippen MR) is 106 cm³/mol. The molecule has 0 bridgehead atoms. The Morgan fingerprint density at radius 3 is 2.27 bits per heavy atom. The number of hydrogen-bond acceptors (Lipinski definition) is 4. The minimum Gasteiger partial charge on any atom is -0.312 e. The molecule has 1 aliphatic rings. The fourth-order valence-electron chi connectivity index (χ4n) is 3.22. The van der Waals surface area contributed by atoms with Gasteiger partial charge in [-0.2, -0.15) is 4.31 Å². The highest BCUT2D eigenvalue weighted by Crippen LogP contribution is 2.15. The smallest absolute Gasteiger partial charge is 0.241 e. The van der Waals surface area contributed by atoms with Crippen LogP contribution < -0.4 is 4.90 Å². The number of benzene rings is 1. The fraction of sp³-hybridized carbons (Fsp3) is 0.632. The molecule has 1 heterocycles. The van der Waals surface area contributed by atoms with Crippen molar-refractivity contribution in [3.05, 3.63) is 30.3 Å². The van der Waals surface area contributed by atoms with E-state index in [0.29, 0.717) is 39.3 Å². The Morgan fingerprint density at radius 2 is 1.69 bits per heavy atom. The summed E-state index contributed by atoms with van der Waals surface area (Å²) in [5.41, 5.74) is 0.900. The predicted octanol–water partition coefficient (Wildman–Crippen LogP) is 2.18. The van der Waals surface area contributed by atoms with Gasteiger partial charge in [-0.25, -0.2) is 8.42 Å². The van der Waals surface area contributed by atoms with Crippen LogP contribution in [0.1, 0.15) is 33.1 Å². The molecule has 2 rings (SSSR count). The molecular weight excluding hydrogens is 350 g/mol. The molecule has 1 aromatic rings. The van der Waals surface area contributed by atoms with Gasteiger partial charge in [-0.3, -0.25) is 9.69 Å². The molecule has 0 unspecified atom stereocenters. The van der Waals surface area contributed by atoms with Crippen LogP contribution in [0.3, 0.4) is 0 Å². The fourth-order valence-corrected chi connectivity index (χ4v) is 4.76. The van der Waals surface area contributed by atoms with Crippen molar-refractivity contribution >= 4 is 21.6 Å². The number of carbonyl (C=O) groups excluding carboxylic acids is 1. The number of nitrogens with zero attached hydrogens (tertiary/aromatic N) is 3. The van der Waals surface area contributed by atoms with Crippen LogP contribution in [-0.4, -0.2) is 68.6 Å². The number of sulfonamides is 1. The number of rotatable bonds is 9. The average Bonchev–Trinajstić information content (AvgIpc) is 2.64. The number of piperazine rings is 1. The molecule has 0 radical (unpaired) electrons. The first-order valence-electron chi connectivity index (χ1n) is 9.53. The van der Waals surface area contributed by atoms with E-state index in [0.717, 1.165) is 24.9 Å². The van der Waals surface area contributed by atoms with Crippen LogP contribution in [-0.2, 0) is 14.8 Å². The minimum atomic E-state index is -3.16. The Labute approximate surface area is 157 Å². The van der Waals surface area contributed by atoms with Gasteiger partial charge >= 0.3 is 0 Å². The van der Waals surface area contributed by atoms with Crippen molar-refractivity contribution in [1.29, 1.82) is 0 Å². The summed E-state index contributed by atoms with van der Waals surface area (Å²) in [5, 5.41) is 0. The summed E-state index contributed by atoms with van der Waals surface area (Å²) >= 11 is 0. The van der Waals surface area contributed by atoms with Gasteiger partial charge in [0.1, 0.15) is 0 Å². The molecule has 26 heavy (non-hydrogen) atoms. The highest BCUT2D eigenvalue weighted by Gasteiger charge is 2.28. The van der Waals surface area contributed by atoms with Gasteiger partial charge in [-0.1, -0.05) is 38.0 Å². The van der Waals surface area contributed by atoms with Gasteiger partial charge in [0.2, 0.25) is 15.9 Å². The third-order valence-electron chi connectivity index (χ3n) is 4.77. The molecule has 0 saturated carbocycles. The van der Waals surface area contributed by atoms with Crippen molar-refractivity contribution in [2.24, 2.45) is 0 Å². The van der Waals surface area contributed by atoms with E-state index in [4.69, 9.17) is 0 Å². The summed E-state index contributed by atoms with van der Waals surface area (Å²) in [7, 11) is -3.16. The van der Waals surface area contributed by atoms with Crippen LogP contribution in [0.15, 0.2) is 30.3 Å². The molecule has 6 nitrogen and oxygen atoms in total. The zero-order valence-corrected chi connectivity index (χ0v) is 16.7. The van der Waals surface area contributed by atoms with E-state index in [1.807, 2.05) is 42.2 Å². The number of carbonyl (C=O) groups is 1. The van der Waals surface area contributed by atoms with Crippen molar-refractivity contribution in [2.75, 3.05) is 49.9 Å². The second-order valence-electron chi connectivity index (χ2n) is 6.67. The van der Waals surface area contributed by atoms with Gasteiger partial charge in [-0.15, -0.1) is 0 Å². The average molecular weight is 382 g/mol. The molecule has 0 aliphatic carbocycles. The van der Waals surface area contributed by atoms with Crippen molar-refractivity contribution in [2.45, 2.75) is 33.1 Å². The monoisotopic (exact) mass is 381 g/mol. The van der Waals surface area contributed by atoms with E-state index in [-0.39, 0.29) is 11.7 Å². The Bertz CT molecular complexity index is 656. The molecule has 0 spiro atoms. The van der Waals surface area contributed by atoms with E-state index in [1.54, 1.807) is 9.21 Å². The maximum Gasteiger partial charge on any atom is 0.241 e. The Balaban J connectivity index is 1.85. The second-order valence-corrected chi connectivity index (χ2v) is 8.76. The van der Waals surface area contributed by atoms with Gasteiger partial charge < -0.3 is 4.90 Å². The maximum atomic E-state index is 12.6. The molecule has 1 amide bonds. The molecule has 1 saturated heterocycles. The summed E-state index contributed by atoms with van der Waals surface area (Å²) < 4.78 is 26.3. The molecule has 7 heteroatoms. The lowest BCUT2D eigenvalue weighted by Crippen LogP contribution is -2.52. The van der Waals surface area contributed by atoms with Crippen LogP contribution in [0, 0.1) is 0 Å². The van der Waals surface area contributed by atoms with Gasteiger partial charge in [0.25, 0.3) is 0 Å². The number of hydrogen-bond donors (Lipinski definition) is 0. The summed E-state index contributed by atoms with van der Waals surface area (Å²) in [6.45, 7) is 7.12. The first-order chi connectivity index (χ1) is 12.5. The summed E-state index contributed by atoms with van der Waals surface area (Å²) in [6.07, 6.45) is 2.68. The Hall–Kier alpha value is -1.44. The number of unbranched alkanes of at least 4 members (excludes halogenated alkanes) is 2. The van der Waals surface area contributed by atoms with Crippen molar-refractivity contribution in [1.82, 2.24) is 9.21 Å². The van der Waals surface area contributed by atoms with Gasteiger partial charge in [0.15, 0.2) is 0 Å². The van der Waals surface area contributed by atoms with Crippen LogP contribution in [0.4, 0.5) is 5.69 Å². The lowest BCUT2D eigenvalue weighted by atomic mass is 10.2. The molecule has 1 aliphatic heterocycles. The third-order valence-corrected chi connectivity index (χ3v) is 6.73. The lowest BCUT2D eigenvalue weighted by molar-refractivity contribution is -0.120. The third kappa shape index (κ3) is 5.79.